The molecule has 2 aliphatic rings. The van der Waals surface area contributed by atoms with Crippen LogP contribution in [0, 0.1) is 0 Å². The fourth-order valence-corrected chi connectivity index (χ4v) is 4.65. The Bertz CT molecular complexity index is 1100. The van der Waals surface area contributed by atoms with Crippen LogP contribution in [-0.4, -0.2) is 87.1 Å². The van der Waals surface area contributed by atoms with Crippen LogP contribution in [0.3, 0.4) is 0 Å². The lowest BCUT2D eigenvalue weighted by atomic mass is 9.84. The number of hydrogen-bond acceptors (Lipinski definition) is 8. The molecule has 1 fully saturated rings. The number of nitrogens with one attached hydrogen (secondary N) is 1. The molecule has 2 atom stereocenters. The van der Waals surface area contributed by atoms with Crippen molar-refractivity contribution >= 4 is 11.8 Å². The first-order chi connectivity index (χ1) is 18.6. The van der Waals surface area contributed by atoms with Gasteiger partial charge in [0, 0.05) is 51.2 Å². The largest absolute Gasteiger partial charge is 0.497 e. The summed E-state index contributed by atoms with van der Waals surface area (Å²) in [5.74, 6) is 1.52. The number of morpholine rings is 1. The first-order valence-corrected chi connectivity index (χ1v) is 13.0. The van der Waals surface area contributed by atoms with E-state index in [0.717, 1.165) is 30.8 Å². The minimum absolute atomic E-state index is 0.0777. The first-order valence-electron chi connectivity index (χ1n) is 13.0. The van der Waals surface area contributed by atoms with Crippen LogP contribution in [0.4, 0.5) is 0 Å². The highest BCUT2D eigenvalue weighted by atomic mass is 16.5. The van der Waals surface area contributed by atoms with Crippen molar-refractivity contribution in [3.63, 3.8) is 0 Å². The number of methoxy groups -OCH3 is 1. The van der Waals surface area contributed by atoms with Gasteiger partial charge < -0.3 is 29.4 Å². The Hall–Kier alpha value is -3.40. The Kier molecular flexibility index (Phi) is 9.75. The molecule has 1 saturated heterocycles. The van der Waals surface area contributed by atoms with E-state index in [1.165, 1.54) is 0 Å². The summed E-state index contributed by atoms with van der Waals surface area (Å²) < 4.78 is 23.0. The molecule has 0 aliphatic carbocycles. The Labute approximate surface area is 224 Å². The second-order valence-electron chi connectivity index (χ2n) is 9.27. The highest BCUT2D eigenvalue weighted by Crippen LogP contribution is 2.43. The van der Waals surface area contributed by atoms with Crippen LogP contribution in [0.1, 0.15) is 30.1 Å². The molecule has 4 rings (SSSR count). The quantitative estimate of drug-likeness (QED) is 0.308. The van der Waals surface area contributed by atoms with Crippen LogP contribution in [0.5, 0.6) is 11.5 Å². The maximum atomic E-state index is 13.9. The summed E-state index contributed by atoms with van der Waals surface area (Å²) in [5.41, 5.74) is 0.293. The van der Waals surface area contributed by atoms with Gasteiger partial charge in [-0.1, -0.05) is 18.2 Å². The van der Waals surface area contributed by atoms with Gasteiger partial charge in [0.2, 0.25) is 5.90 Å². The zero-order valence-electron chi connectivity index (χ0n) is 21.9. The highest BCUT2D eigenvalue weighted by molar-refractivity contribution is 6.01. The van der Waals surface area contributed by atoms with Gasteiger partial charge in [0.15, 0.2) is 11.6 Å². The summed E-state index contributed by atoms with van der Waals surface area (Å²) in [4.78, 5) is 21.1. The van der Waals surface area contributed by atoms with E-state index < -0.39 is 11.6 Å². The number of carbonyl (C=O) groups excluding carboxylic acids is 1. The number of hydrogen-bond donors (Lipinski definition) is 2. The number of ether oxygens (including phenoxy) is 4. The molecule has 9 heteroatoms. The molecule has 2 heterocycles. The minimum Gasteiger partial charge on any atom is -0.497 e. The first kappa shape index (κ1) is 27.6. The third kappa shape index (κ3) is 6.53. The third-order valence-electron chi connectivity index (χ3n) is 6.70. The monoisotopic (exact) mass is 523 g/mol. The number of amides is 1. The molecule has 0 unspecified atom stereocenters. The van der Waals surface area contributed by atoms with Crippen molar-refractivity contribution in [2.24, 2.45) is 4.99 Å². The number of rotatable bonds is 13. The van der Waals surface area contributed by atoms with Gasteiger partial charge in [-0.15, -0.1) is 6.58 Å². The van der Waals surface area contributed by atoms with Crippen molar-refractivity contribution < 1.29 is 28.8 Å². The van der Waals surface area contributed by atoms with E-state index in [2.05, 4.69) is 16.8 Å². The molecule has 0 radical (unpaired) electrons. The lowest BCUT2D eigenvalue weighted by Gasteiger charge is -2.31. The SMILES string of the molecule is C=CC[C@@]1(C(=O)NCCN2CCOCC2)N=C(c2ccc(OCCCO)cc2)O[C@@H]1c1cccc(OC)c1. The smallest absolute Gasteiger partial charge is 0.252 e. The van der Waals surface area contributed by atoms with Crippen LogP contribution >= 0.6 is 0 Å². The summed E-state index contributed by atoms with van der Waals surface area (Å²) in [6, 6.07) is 14.9. The number of aliphatic imine (C=N–C) groups is 1. The van der Waals surface area contributed by atoms with Crippen molar-refractivity contribution in [2.75, 3.05) is 59.7 Å². The van der Waals surface area contributed by atoms with Gasteiger partial charge in [0.1, 0.15) is 11.5 Å². The van der Waals surface area contributed by atoms with Gasteiger partial charge in [-0.3, -0.25) is 9.69 Å². The van der Waals surface area contributed by atoms with E-state index in [1.807, 2.05) is 48.5 Å². The van der Waals surface area contributed by atoms with Crippen molar-refractivity contribution in [1.82, 2.24) is 10.2 Å². The number of aliphatic hydroxyl groups is 1. The zero-order valence-corrected chi connectivity index (χ0v) is 21.9. The van der Waals surface area contributed by atoms with Gasteiger partial charge >= 0.3 is 0 Å². The zero-order chi connectivity index (χ0) is 26.8. The van der Waals surface area contributed by atoms with E-state index in [-0.39, 0.29) is 12.5 Å². The molecule has 0 saturated carbocycles. The van der Waals surface area contributed by atoms with Crippen molar-refractivity contribution in [2.45, 2.75) is 24.5 Å². The Balaban J connectivity index is 1.60. The number of nitrogens with zero attached hydrogens (tertiary/aromatic N) is 2. The van der Waals surface area contributed by atoms with E-state index in [0.29, 0.717) is 56.6 Å². The molecule has 2 aliphatic heterocycles. The number of aliphatic hydroxyl groups excluding tert-OH is 1. The predicted molar refractivity (Wildman–Crippen MR) is 145 cm³/mol. The summed E-state index contributed by atoms with van der Waals surface area (Å²) in [5, 5.41) is 12.1. The van der Waals surface area contributed by atoms with Crippen LogP contribution in [0.2, 0.25) is 0 Å². The molecule has 2 N–H and O–H groups in total. The van der Waals surface area contributed by atoms with Gasteiger partial charge in [0.05, 0.1) is 26.9 Å². The van der Waals surface area contributed by atoms with E-state index in [9.17, 15) is 4.79 Å². The summed E-state index contributed by atoms with van der Waals surface area (Å²) in [6.45, 7) is 8.78. The Morgan fingerprint density at radius 1 is 1.24 bits per heavy atom. The molecule has 9 nitrogen and oxygen atoms in total. The maximum absolute atomic E-state index is 13.9. The lowest BCUT2D eigenvalue weighted by molar-refractivity contribution is -0.128. The molecule has 1 amide bonds. The highest BCUT2D eigenvalue weighted by Gasteiger charge is 2.52. The van der Waals surface area contributed by atoms with Crippen molar-refractivity contribution in [1.29, 1.82) is 0 Å². The summed E-state index contributed by atoms with van der Waals surface area (Å²) >= 11 is 0. The van der Waals surface area contributed by atoms with Crippen LogP contribution in [-0.2, 0) is 14.3 Å². The van der Waals surface area contributed by atoms with E-state index in [4.69, 9.17) is 29.0 Å². The molecule has 0 aromatic heterocycles. The van der Waals surface area contributed by atoms with Crippen molar-refractivity contribution in [3.8, 4) is 11.5 Å². The lowest BCUT2D eigenvalue weighted by Crippen LogP contribution is -2.50. The second-order valence-corrected chi connectivity index (χ2v) is 9.27. The maximum Gasteiger partial charge on any atom is 0.252 e. The molecule has 0 spiro atoms. The molecule has 38 heavy (non-hydrogen) atoms. The number of benzene rings is 2. The Morgan fingerprint density at radius 3 is 2.74 bits per heavy atom. The minimum atomic E-state index is -1.23. The standard InChI is InChI=1S/C29H37N3O6/c1-3-12-29(28(34)30-13-14-32-15-19-36-20-16-32)26(23-6-4-7-25(21-23)35-2)38-27(31-29)22-8-10-24(11-9-22)37-18-5-17-33/h3-4,6-11,21,26,33H,1,5,12-20H2,2H3,(H,30,34)/t26-,29-/m1/s1. The third-order valence-corrected chi connectivity index (χ3v) is 6.70. The molecule has 2 aromatic rings. The van der Waals surface area contributed by atoms with E-state index in [1.54, 1.807) is 13.2 Å². The van der Waals surface area contributed by atoms with E-state index >= 15 is 0 Å². The Morgan fingerprint density at radius 2 is 2.03 bits per heavy atom. The average Bonchev–Trinajstić information content (AvgIpc) is 3.35. The molecule has 0 bridgehead atoms. The molecular weight excluding hydrogens is 486 g/mol. The second kappa shape index (κ2) is 13.4. The summed E-state index contributed by atoms with van der Waals surface area (Å²) in [6.07, 6.45) is 1.89. The van der Waals surface area contributed by atoms with Crippen LogP contribution < -0.4 is 14.8 Å². The topological polar surface area (TPSA) is 102 Å². The molecule has 204 valence electrons. The summed E-state index contributed by atoms with van der Waals surface area (Å²) in [7, 11) is 1.61. The average molecular weight is 524 g/mol. The van der Waals surface area contributed by atoms with Gasteiger partial charge in [0.25, 0.3) is 5.91 Å². The number of carbonyl (C=O) groups is 1. The van der Waals surface area contributed by atoms with Crippen LogP contribution in [0.15, 0.2) is 66.2 Å². The van der Waals surface area contributed by atoms with Gasteiger partial charge in [-0.25, -0.2) is 4.99 Å². The molecule has 2 aromatic carbocycles. The normalized spacial score (nSPS) is 21.3. The van der Waals surface area contributed by atoms with Gasteiger partial charge in [-0.05, 0) is 42.0 Å². The fraction of sp³-hybridized carbons (Fsp3) is 0.448. The van der Waals surface area contributed by atoms with Crippen LogP contribution in [0.25, 0.3) is 0 Å². The predicted octanol–water partition coefficient (Wildman–Crippen LogP) is 2.74. The van der Waals surface area contributed by atoms with Gasteiger partial charge in [-0.2, -0.15) is 0 Å². The van der Waals surface area contributed by atoms with Crippen molar-refractivity contribution in [3.05, 3.63) is 72.3 Å². The molecular formula is C29H37N3O6. The fourth-order valence-electron chi connectivity index (χ4n) is 4.65.